The third-order valence-electron chi connectivity index (χ3n) is 22.6. The van der Waals surface area contributed by atoms with E-state index in [0.717, 1.165) is 98.4 Å². The summed E-state index contributed by atoms with van der Waals surface area (Å²) in [4.78, 5) is 34.0. The van der Waals surface area contributed by atoms with Crippen LogP contribution in [-0.2, 0) is 41.7 Å². The number of aryl methyl sites for hydroxylation is 1. The number of benzene rings is 6. The molecule has 504 valence electrons. The summed E-state index contributed by atoms with van der Waals surface area (Å²) in [5.74, 6) is 13.2. The van der Waals surface area contributed by atoms with Gasteiger partial charge in [0.2, 0.25) is 0 Å². The maximum absolute atomic E-state index is 15.8. The second-order valence-electron chi connectivity index (χ2n) is 29.0. The number of aromatic hydroxyl groups is 3. The number of aliphatic hydroxyl groups excluding tert-OH is 3. The Hall–Kier alpha value is -8.56. The normalized spacial score (nSPS) is 28.5. The van der Waals surface area contributed by atoms with Crippen LogP contribution in [0.1, 0.15) is 152 Å². The maximum atomic E-state index is 15.8. The third kappa shape index (κ3) is 14.8. The molecule has 7 aromatic rings. The molecule has 2 fully saturated rings. The molecular formula is C84H94N4O9. The van der Waals surface area contributed by atoms with Crippen LogP contribution in [0.25, 0.3) is 10.8 Å². The van der Waals surface area contributed by atoms with Crippen LogP contribution in [0.15, 0.2) is 151 Å². The van der Waals surface area contributed by atoms with Crippen molar-refractivity contribution in [1.29, 1.82) is 0 Å². The lowest BCUT2D eigenvalue weighted by molar-refractivity contribution is -0.142. The minimum Gasteiger partial charge on any atom is -0.508 e. The number of nitrogens with one attached hydrogen (secondary N) is 4. The molecule has 2 saturated carbocycles. The van der Waals surface area contributed by atoms with Gasteiger partial charge in [0.25, 0.3) is 0 Å². The van der Waals surface area contributed by atoms with Gasteiger partial charge in [0.1, 0.15) is 17.3 Å². The van der Waals surface area contributed by atoms with Gasteiger partial charge in [0.05, 0.1) is 25.2 Å². The first-order valence-electron chi connectivity index (χ1n) is 35.5. The molecule has 13 bridgehead atoms. The SMILES string of the molecule is CCC[C@@H]1[C@H]2C[C@@H]3C[C@@H]4C#C[C@H](c5cc(O)c(OC)cc5CCC(=O)[C@@H](O)C(=O)[C@@H]4C2)c2ccccc2[C@@H]2C[C@H](C)[C@@H](Cc4cccc(O)c4)[C@@H](C#CC[C@H]3C3=CCNC(=C3)Nc3cc4c(O)c(ccc4cc3Cc3ccccc3)C[C@@H](O)CNC[C@@H](C)c3c[nH]c(c3)C[C@H]1O)C2. The van der Waals surface area contributed by atoms with Crippen LogP contribution in [0.3, 0.4) is 0 Å². The zero-order valence-electron chi connectivity index (χ0n) is 56.4. The van der Waals surface area contributed by atoms with Gasteiger partial charge in [0.15, 0.2) is 29.2 Å². The van der Waals surface area contributed by atoms with E-state index in [4.69, 9.17) is 4.74 Å². The van der Waals surface area contributed by atoms with Crippen molar-refractivity contribution in [3.63, 3.8) is 0 Å². The van der Waals surface area contributed by atoms with Crippen molar-refractivity contribution in [2.75, 3.05) is 32.1 Å². The lowest BCUT2D eigenvalue weighted by atomic mass is 9.64. The van der Waals surface area contributed by atoms with Crippen LogP contribution in [0.5, 0.6) is 23.0 Å². The van der Waals surface area contributed by atoms with Crippen molar-refractivity contribution in [1.82, 2.24) is 15.6 Å². The minimum absolute atomic E-state index is 0.0522. The van der Waals surface area contributed by atoms with Crippen molar-refractivity contribution < 1.29 is 45.0 Å². The van der Waals surface area contributed by atoms with Gasteiger partial charge in [-0.05, 0) is 215 Å². The number of β-amino-alcohol motifs (C(OH)–C–C–N with tert-alkyl or cyclic N) is 1. The van der Waals surface area contributed by atoms with Gasteiger partial charge >= 0.3 is 0 Å². The quantitative estimate of drug-likeness (QED) is 0.0533. The van der Waals surface area contributed by atoms with Crippen LogP contribution in [0.2, 0.25) is 0 Å². The Balaban J connectivity index is 1.02. The Morgan fingerprint density at radius 1 is 0.701 bits per heavy atom. The first kappa shape index (κ1) is 67.0. The summed E-state index contributed by atoms with van der Waals surface area (Å²) in [5, 5.41) is 84.3. The van der Waals surface area contributed by atoms with Crippen molar-refractivity contribution in [3.8, 4) is 46.7 Å². The van der Waals surface area contributed by atoms with E-state index >= 15 is 4.79 Å². The number of Topliss-reactive ketones (excluding diaryl/α,β-unsaturated/α-hetero) is 2. The summed E-state index contributed by atoms with van der Waals surface area (Å²) in [7, 11) is 1.50. The number of hydrogen-bond donors (Lipinski definition) is 10. The lowest BCUT2D eigenvalue weighted by Crippen LogP contribution is -2.40. The van der Waals surface area contributed by atoms with Crippen LogP contribution >= 0.6 is 0 Å². The van der Waals surface area contributed by atoms with E-state index in [1.54, 1.807) is 18.2 Å². The number of ether oxygens (including phenoxy) is 1. The number of aromatic nitrogens is 1. The number of aromatic amines is 1. The molecular weight excluding hydrogens is 1210 g/mol. The minimum atomic E-state index is -1.91. The topological polar surface area (TPSA) is 217 Å². The molecule has 13 nitrogen and oxygen atoms in total. The molecule has 0 unspecified atom stereocenters. The van der Waals surface area contributed by atoms with Crippen LogP contribution < -0.4 is 20.7 Å². The zero-order chi connectivity index (χ0) is 67.4. The average Bonchev–Trinajstić information content (AvgIpc) is 0.928. The fraction of sp³-hybridized carbons (Fsp3) is 0.429. The molecule has 13 heteroatoms. The number of ketones is 2. The van der Waals surface area contributed by atoms with Gasteiger partial charge in [-0.25, -0.2) is 0 Å². The molecule has 0 radical (unpaired) electrons. The monoisotopic (exact) mass is 1300 g/mol. The number of aliphatic hydroxyl groups is 3. The number of fused-ring (bicyclic) bond motifs is 15. The van der Waals surface area contributed by atoms with Crippen LogP contribution in [0, 0.1) is 76.9 Å². The Morgan fingerprint density at radius 2 is 1.52 bits per heavy atom. The van der Waals surface area contributed by atoms with E-state index in [2.05, 4.69) is 132 Å². The van der Waals surface area contributed by atoms with Gasteiger partial charge < -0.3 is 56.3 Å². The van der Waals surface area contributed by atoms with Crippen molar-refractivity contribution in [2.45, 2.75) is 147 Å². The van der Waals surface area contributed by atoms with Gasteiger partial charge in [0, 0.05) is 86.0 Å². The van der Waals surface area contributed by atoms with Gasteiger partial charge in [-0.15, -0.1) is 5.92 Å². The predicted octanol–water partition coefficient (Wildman–Crippen LogP) is 13.2. The molecule has 10 N–H and O–H groups in total. The summed E-state index contributed by atoms with van der Waals surface area (Å²) in [6, 6.07) is 40.3. The maximum Gasteiger partial charge on any atom is 0.173 e. The highest BCUT2D eigenvalue weighted by molar-refractivity contribution is 6.06. The molecule has 0 saturated heterocycles. The molecule has 2 aliphatic heterocycles. The fourth-order valence-corrected chi connectivity index (χ4v) is 17.5. The summed E-state index contributed by atoms with van der Waals surface area (Å²) in [6.45, 7) is 8.00. The molecule has 1 aromatic heterocycles. The van der Waals surface area contributed by atoms with E-state index in [0.29, 0.717) is 75.5 Å². The molecule has 15 atom stereocenters. The highest BCUT2D eigenvalue weighted by Crippen LogP contribution is 2.51. The lowest BCUT2D eigenvalue weighted by Gasteiger charge is -2.40. The number of methoxy groups -OCH3 is 1. The largest absolute Gasteiger partial charge is 0.508 e. The highest BCUT2D eigenvalue weighted by Gasteiger charge is 2.46. The molecule has 6 aliphatic rings. The van der Waals surface area contributed by atoms with E-state index in [1.165, 1.54) is 7.11 Å². The van der Waals surface area contributed by atoms with Crippen molar-refractivity contribution >= 4 is 28.0 Å². The molecule has 97 heavy (non-hydrogen) atoms. The molecule has 13 rings (SSSR count). The Labute approximate surface area is 571 Å². The van der Waals surface area contributed by atoms with Crippen LogP contribution in [-0.4, -0.2) is 92.2 Å². The number of anilines is 1. The summed E-state index contributed by atoms with van der Waals surface area (Å²) >= 11 is 0. The Kier molecular flexibility index (Phi) is 20.5. The molecule has 4 aliphatic carbocycles. The number of dihydropyridines is 1. The zero-order valence-corrected chi connectivity index (χ0v) is 56.4. The van der Waals surface area contributed by atoms with E-state index in [-0.39, 0.29) is 95.5 Å². The first-order valence-corrected chi connectivity index (χ1v) is 35.5. The molecule has 0 amide bonds. The summed E-state index contributed by atoms with van der Waals surface area (Å²) in [5.41, 5.74) is 11.3. The number of allylic oxidation sites excluding steroid dienone is 2. The number of phenols is 3. The van der Waals surface area contributed by atoms with Gasteiger partial charge in [-0.1, -0.05) is 130 Å². The first-order chi connectivity index (χ1) is 47.0. The second-order valence-corrected chi connectivity index (χ2v) is 29.0. The Morgan fingerprint density at radius 3 is 2.33 bits per heavy atom. The van der Waals surface area contributed by atoms with E-state index < -0.39 is 47.6 Å². The number of rotatable bonds is 7. The highest BCUT2D eigenvalue weighted by atomic mass is 16.5. The number of H-pyrrole nitrogens is 1. The molecule has 3 heterocycles. The smallest absolute Gasteiger partial charge is 0.173 e. The summed E-state index contributed by atoms with van der Waals surface area (Å²) < 4.78 is 5.73. The van der Waals surface area contributed by atoms with Crippen molar-refractivity contribution in [2.24, 2.45) is 53.3 Å². The predicted molar refractivity (Wildman–Crippen MR) is 381 cm³/mol. The van der Waals surface area contributed by atoms with E-state index in [1.807, 2.05) is 54.7 Å². The van der Waals surface area contributed by atoms with E-state index in [9.17, 15) is 35.4 Å². The van der Waals surface area contributed by atoms with Gasteiger partial charge in [-0.2, -0.15) is 0 Å². The fourth-order valence-electron chi connectivity index (χ4n) is 17.5. The standard InChI is InChI=1S/C84H94N4O9/c1-5-13-69-61-37-60-35-55-24-26-71(73-45-79(93)80(97-4)41-56(73)25-27-77(91)84(96)83(95)74(55)40-61)70-20-10-9-19-68(70)59-30-49(2)72(33-52-16-11-18-65(89)32-52)53(34-59)17-12-21-67(60)57-28-29-86-81(42-57)88-76-44-75-54(36-62(76)31-51-14-7-6-8-15-51)22-23-58(82(75)94)39-66(90)48-85-46-50(3)63-38-64(87-47-63)43-78(69)92/h6-11,14-16,18-20,22-23,28,32,36,38,41-42,44-45,47,49-50,53,55,59-61,66-67,69,71-72,74,78,84-90,92-94,96H,5,13,21,25,27,29-31,33-35,37,39-40,43,46,48H2,1-4H3/t49-,50+,53-,55-,59+,60-,61-,66+,67-,69+,71-,72+,74+,78+,84+/m0/s1. The summed E-state index contributed by atoms with van der Waals surface area (Å²) in [6.07, 6.45) is 9.77. The third-order valence-corrected chi connectivity index (χ3v) is 22.6. The Bertz CT molecular complexity index is 4220. The number of hydrogen-bond acceptors (Lipinski definition) is 12. The van der Waals surface area contributed by atoms with Crippen LogP contribution in [0.4, 0.5) is 5.69 Å². The molecule has 6 aromatic carbocycles. The second kappa shape index (κ2) is 29.7. The number of carbonyl (C=O) groups is 2. The molecule has 0 spiro atoms. The van der Waals surface area contributed by atoms with Gasteiger partial charge in [-0.3, -0.25) is 9.59 Å². The number of phenolic OH excluding ortho intramolecular Hbond substituents is 3. The number of carbonyl (C=O) groups excluding carboxylic acids is 2. The average molecular weight is 1300 g/mol. The van der Waals surface area contributed by atoms with Crippen molar-refractivity contribution in [3.05, 3.63) is 207 Å².